The molecule has 1 aromatic heterocycles. The number of nitrogens with zero attached hydrogens (tertiary/aromatic N) is 1. The van der Waals surface area contributed by atoms with Crippen molar-refractivity contribution in [2.24, 2.45) is 0 Å². The lowest BCUT2D eigenvalue weighted by Crippen LogP contribution is -2.37. The van der Waals surface area contributed by atoms with Gasteiger partial charge in [0.25, 0.3) is 5.91 Å². The minimum Gasteiger partial charge on any atom is -0.354 e. The molecule has 2 heterocycles. The second kappa shape index (κ2) is 7.78. The van der Waals surface area contributed by atoms with Crippen LogP contribution in [0.3, 0.4) is 0 Å². The van der Waals surface area contributed by atoms with Gasteiger partial charge in [-0.05, 0) is 24.3 Å². The molecule has 0 aliphatic carbocycles. The highest BCUT2D eigenvalue weighted by Gasteiger charge is 2.19. The molecule has 7 heteroatoms. The van der Waals surface area contributed by atoms with Crippen molar-refractivity contribution < 1.29 is 14.4 Å². The summed E-state index contributed by atoms with van der Waals surface area (Å²) in [6, 6.07) is 3.59. The predicted molar refractivity (Wildman–Crippen MR) is 80.1 cm³/mol. The molecule has 1 fully saturated rings. The fourth-order valence-corrected chi connectivity index (χ4v) is 2.75. The molecule has 0 aromatic carbocycles. The minimum atomic E-state index is -0.105. The quantitative estimate of drug-likeness (QED) is 0.782. The van der Waals surface area contributed by atoms with E-state index in [2.05, 4.69) is 10.6 Å². The van der Waals surface area contributed by atoms with Gasteiger partial charge >= 0.3 is 0 Å². The van der Waals surface area contributed by atoms with Crippen molar-refractivity contribution in [2.45, 2.75) is 19.3 Å². The van der Waals surface area contributed by atoms with Crippen molar-refractivity contribution in [3.63, 3.8) is 0 Å². The molecule has 1 aliphatic rings. The predicted octanol–water partition coefficient (Wildman–Crippen LogP) is 0.607. The lowest BCUT2D eigenvalue weighted by molar-refractivity contribution is -0.135. The van der Waals surface area contributed by atoms with Gasteiger partial charge < -0.3 is 15.5 Å². The Kier molecular flexibility index (Phi) is 5.74. The van der Waals surface area contributed by atoms with Crippen molar-refractivity contribution in [3.05, 3.63) is 22.4 Å². The Hall–Kier alpha value is -1.89. The van der Waals surface area contributed by atoms with Gasteiger partial charge in [0.05, 0.1) is 11.4 Å². The number of thiophene rings is 1. The third-order valence-electron chi connectivity index (χ3n) is 3.21. The Bertz CT molecular complexity index is 502. The van der Waals surface area contributed by atoms with E-state index >= 15 is 0 Å². The van der Waals surface area contributed by atoms with E-state index in [-0.39, 0.29) is 24.3 Å². The van der Waals surface area contributed by atoms with Crippen LogP contribution in [0.2, 0.25) is 0 Å². The Morgan fingerprint density at radius 2 is 2.29 bits per heavy atom. The highest BCUT2D eigenvalue weighted by Crippen LogP contribution is 2.08. The highest BCUT2D eigenvalue weighted by atomic mass is 32.1. The fourth-order valence-electron chi connectivity index (χ4n) is 2.11. The number of hydrogen-bond acceptors (Lipinski definition) is 4. The van der Waals surface area contributed by atoms with Gasteiger partial charge in [-0.2, -0.15) is 0 Å². The van der Waals surface area contributed by atoms with E-state index in [1.165, 1.54) is 11.3 Å². The second-order valence-corrected chi connectivity index (χ2v) is 5.80. The summed E-state index contributed by atoms with van der Waals surface area (Å²) >= 11 is 1.39. The second-order valence-electron chi connectivity index (χ2n) is 4.86. The third-order valence-corrected chi connectivity index (χ3v) is 4.08. The maximum absolute atomic E-state index is 12.0. The molecule has 114 valence electrons. The van der Waals surface area contributed by atoms with Gasteiger partial charge in [0.1, 0.15) is 0 Å². The Morgan fingerprint density at radius 1 is 1.43 bits per heavy atom. The zero-order valence-electron chi connectivity index (χ0n) is 11.8. The normalized spacial score (nSPS) is 15.2. The van der Waals surface area contributed by atoms with Crippen LogP contribution in [-0.4, -0.2) is 48.8 Å². The molecule has 1 aromatic rings. The van der Waals surface area contributed by atoms with Crippen LogP contribution in [0.15, 0.2) is 17.5 Å². The van der Waals surface area contributed by atoms with E-state index in [4.69, 9.17) is 0 Å². The number of rotatable bonds is 5. The van der Waals surface area contributed by atoms with Crippen LogP contribution in [0.25, 0.3) is 0 Å². The maximum Gasteiger partial charge on any atom is 0.261 e. The van der Waals surface area contributed by atoms with E-state index in [1.807, 2.05) is 11.4 Å². The van der Waals surface area contributed by atoms with Crippen LogP contribution in [0.1, 0.15) is 28.9 Å². The zero-order chi connectivity index (χ0) is 15.1. The number of nitrogens with one attached hydrogen (secondary N) is 2. The lowest BCUT2D eigenvalue weighted by Gasteiger charge is -2.18. The minimum absolute atomic E-state index is 0.0302. The molecule has 0 bridgehead atoms. The Balaban J connectivity index is 1.67. The molecule has 0 saturated carbocycles. The first-order valence-electron chi connectivity index (χ1n) is 7.03. The number of carbonyl (C=O) groups excluding carboxylic acids is 3. The Labute approximate surface area is 127 Å². The number of carbonyl (C=O) groups is 3. The molecule has 6 nitrogen and oxygen atoms in total. The summed E-state index contributed by atoms with van der Waals surface area (Å²) in [6.45, 7) is 1.83. The first kappa shape index (κ1) is 15.5. The van der Waals surface area contributed by atoms with E-state index < -0.39 is 0 Å². The van der Waals surface area contributed by atoms with Gasteiger partial charge in [-0.15, -0.1) is 11.3 Å². The summed E-state index contributed by atoms with van der Waals surface area (Å²) in [5, 5.41) is 7.37. The molecule has 0 spiro atoms. The molecule has 21 heavy (non-hydrogen) atoms. The molecule has 1 saturated heterocycles. The van der Waals surface area contributed by atoms with E-state index in [9.17, 15) is 14.4 Å². The maximum atomic E-state index is 12.0. The van der Waals surface area contributed by atoms with Crippen molar-refractivity contribution in [1.29, 1.82) is 0 Å². The average molecular weight is 309 g/mol. The number of amides is 3. The van der Waals surface area contributed by atoms with E-state index in [0.717, 1.165) is 6.42 Å². The summed E-state index contributed by atoms with van der Waals surface area (Å²) in [5.41, 5.74) is 0. The zero-order valence-corrected chi connectivity index (χ0v) is 12.6. The first-order chi connectivity index (χ1) is 10.2. The summed E-state index contributed by atoms with van der Waals surface area (Å²) in [7, 11) is 0. The molecule has 1 aliphatic heterocycles. The van der Waals surface area contributed by atoms with Gasteiger partial charge in [0, 0.05) is 26.1 Å². The van der Waals surface area contributed by atoms with Gasteiger partial charge in [0.15, 0.2) is 0 Å². The van der Waals surface area contributed by atoms with Gasteiger partial charge in [-0.1, -0.05) is 6.07 Å². The molecule has 3 amide bonds. The van der Waals surface area contributed by atoms with E-state index in [1.54, 1.807) is 11.0 Å². The van der Waals surface area contributed by atoms with Crippen LogP contribution < -0.4 is 10.6 Å². The van der Waals surface area contributed by atoms with Crippen molar-refractivity contribution in [2.75, 3.05) is 26.2 Å². The molecular formula is C14H19N3O3S. The molecule has 2 rings (SSSR count). The summed E-state index contributed by atoms with van der Waals surface area (Å²) < 4.78 is 0. The van der Waals surface area contributed by atoms with Gasteiger partial charge in [0.2, 0.25) is 11.8 Å². The largest absolute Gasteiger partial charge is 0.354 e. The topological polar surface area (TPSA) is 78.5 Å². The average Bonchev–Trinajstić information content (AvgIpc) is 2.92. The monoisotopic (exact) mass is 309 g/mol. The Morgan fingerprint density at radius 3 is 3.05 bits per heavy atom. The summed E-state index contributed by atoms with van der Waals surface area (Å²) in [4.78, 5) is 37.3. The number of hydrogen-bond donors (Lipinski definition) is 2. The van der Waals surface area contributed by atoms with Gasteiger partial charge in [-0.25, -0.2) is 0 Å². The molecule has 0 radical (unpaired) electrons. The summed E-state index contributed by atoms with van der Waals surface area (Å²) in [5.74, 6) is -0.240. The van der Waals surface area contributed by atoms with Crippen LogP contribution >= 0.6 is 11.3 Å². The fraction of sp³-hybridized carbons (Fsp3) is 0.500. The lowest BCUT2D eigenvalue weighted by atomic mass is 10.2. The third kappa shape index (κ3) is 4.86. The SMILES string of the molecule is O=C1CN(C(=O)CCCNC(=O)c2cccs2)CCCN1. The standard InChI is InChI=1S/C14H19N3O3S/c18-12-10-17(8-3-7-15-12)13(19)5-1-6-16-14(20)11-4-2-9-21-11/h2,4,9H,1,3,5-8,10H2,(H,15,18)(H,16,20). The molecular weight excluding hydrogens is 290 g/mol. The van der Waals surface area contributed by atoms with Crippen molar-refractivity contribution in [3.8, 4) is 0 Å². The van der Waals surface area contributed by atoms with Crippen LogP contribution in [0, 0.1) is 0 Å². The van der Waals surface area contributed by atoms with Crippen LogP contribution in [-0.2, 0) is 9.59 Å². The van der Waals surface area contributed by atoms with Crippen LogP contribution in [0.5, 0.6) is 0 Å². The molecule has 0 atom stereocenters. The highest BCUT2D eigenvalue weighted by molar-refractivity contribution is 7.12. The van der Waals surface area contributed by atoms with Gasteiger partial charge in [-0.3, -0.25) is 14.4 Å². The smallest absolute Gasteiger partial charge is 0.261 e. The molecule has 2 N–H and O–H groups in total. The van der Waals surface area contributed by atoms with E-state index in [0.29, 0.717) is 37.4 Å². The molecule has 0 unspecified atom stereocenters. The summed E-state index contributed by atoms with van der Waals surface area (Å²) in [6.07, 6.45) is 1.71. The van der Waals surface area contributed by atoms with Crippen LogP contribution in [0.4, 0.5) is 0 Å². The van der Waals surface area contributed by atoms with Crippen molar-refractivity contribution >= 4 is 29.1 Å². The first-order valence-corrected chi connectivity index (χ1v) is 7.91. The van der Waals surface area contributed by atoms with Crippen molar-refractivity contribution in [1.82, 2.24) is 15.5 Å².